The van der Waals surface area contributed by atoms with E-state index in [-0.39, 0.29) is 33.9 Å². The highest BCUT2D eigenvalue weighted by Gasteiger charge is 2.40. The lowest BCUT2D eigenvalue weighted by molar-refractivity contribution is -0.132. The number of anilines is 3. The predicted octanol–water partition coefficient (Wildman–Crippen LogP) is 1.51. The Bertz CT molecular complexity index is 1240. The lowest BCUT2D eigenvalue weighted by atomic mass is 9.88. The van der Waals surface area contributed by atoms with Gasteiger partial charge in [0, 0.05) is 31.6 Å². The molecule has 196 valence electrons. The number of allylic oxidation sites excluding steroid dienone is 1. The van der Waals surface area contributed by atoms with E-state index >= 15 is 0 Å². The van der Waals surface area contributed by atoms with Crippen molar-refractivity contribution in [2.45, 2.75) is 37.6 Å². The van der Waals surface area contributed by atoms with E-state index in [0.29, 0.717) is 44.9 Å². The predicted molar refractivity (Wildman–Crippen MR) is 144 cm³/mol. The summed E-state index contributed by atoms with van der Waals surface area (Å²) in [4.78, 5) is 39.0. The minimum absolute atomic E-state index is 0.0556. The normalized spacial score (nSPS) is 17.4. The average Bonchev–Trinajstić information content (AvgIpc) is 3.27. The number of aliphatic imine (C=N–C) groups is 1. The molecule has 37 heavy (non-hydrogen) atoms. The fourth-order valence-corrected chi connectivity index (χ4v) is 4.69. The van der Waals surface area contributed by atoms with Crippen LogP contribution in [0.1, 0.15) is 48.2 Å². The number of halogens is 1. The van der Waals surface area contributed by atoms with Gasteiger partial charge in [-0.2, -0.15) is 4.99 Å². The maximum Gasteiger partial charge on any atom is 0.302 e. The number of nitrogens with zero attached hydrogens (tertiary/aromatic N) is 4. The zero-order valence-electron chi connectivity index (χ0n) is 20.4. The molecule has 13 heteroatoms. The molecule has 1 aromatic carbocycles. The second-order valence-corrected chi connectivity index (χ2v) is 9.54. The molecule has 0 saturated carbocycles. The summed E-state index contributed by atoms with van der Waals surface area (Å²) in [6.45, 7) is 5.96. The molecule has 0 unspecified atom stereocenters. The molecular weight excluding hydrogens is 496 g/mol. The number of hydrogen-bond donors (Lipinski definition) is 6. The van der Waals surface area contributed by atoms with Gasteiger partial charge in [0.15, 0.2) is 28.4 Å². The Labute approximate surface area is 219 Å². The molecule has 0 aliphatic carbocycles. The Morgan fingerprint density at radius 1 is 1.16 bits per heavy atom. The number of rotatable bonds is 7. The van der Waals surface area contributed by atoms with Crippen molar-refractivity contribution < 1.29 is 9.59 Å². The van der Waals surface area contributed by atoms with Crippen molar-refractivity contribution in [2.24, 2.45) is 10.8 Å². The highest BCUT2D eigenvalue weighted by molar-refractivity contribution is 6.31. The Kier molecular flexibility index (Phi) is 7.79. The van der Waals surface area contributed by atoms with Crippen LogP contribution in [-0.4, -0.2) is 57.8 Å². The molecule has 1 aromatic heterocycles. The summed E-state index contributed by atoms with van der Waals surface area (Å²) >= 11 is 5.86. The van der Waals surface area contributed by atoms with Crippen LogP contribution < -0.4 is 33.4 Å². The molecule has 0 radical (unpaired) electrons. The topological polar surface area (TPSA) is 190 Å². The second kappa shape index (κ2) is 11.0. The van der Waals surface area contributed by atoms with Crippen molar-refractivity contribution in [3.63, 3.8) is 0 Å². The van der Waals surface area contributed by atoms with Crippen molar-refractivity contribution in [1.82, 2.24) is 25.5 Å². The number of hydrazine groups is 1. The molecule has 4 rings (SSSR count). The van der Waals surface area contributed by atoms with Crippen molar-refractivity contribution >= 4 is 52.3 Å². The zero-order valence-corrected chi connectivity index (χ0v) is 21.1. The zero-order chi connectivity index (χ0) is 26.6. The smallest absolute Gasteiger partial charge is 0.302 e. The van der Waals surface area contributed by atoms with Gasteiger partial charge in [-0.3, -0.25) is 15.4 Å². The number of hydrogen-bond acceptors (Lipinski definition) is 8. The summed E-state index contributed by atoms with van der Waals surface area (Å²) in [6.07, 6.45) is 3.30. The molecule has 2 aromatic rings. The number of carbonyl (C=O) groups is 2. The summed E-state index contributed by atoms with van der Waals surface area (Å²) in [5, 5.41) is 6.32. The Morgan fingerprint density at radius 2 is 1.89 bits per heavy atom. The Morgan fingerprint density at radius 3 is 2.62 bits per heavy atom. The third-order valence-corrected chi connectivity index (χ3v) is 6.98. The average molecular weight is 527 g/mol. The number of likely N-dealkylation sites (tertiary alicyclic amines) is 1. The van der Waals surface area contributed by atoms with Gasteiger partial charge in [-0.15, -0.1) is 0 Å². The molecule has 2 amide bonds. The number of amides is 2. The third-order valence-electron chi connectivity index (χ3n) is 6.70. The van der Waals surface area contributed by atoms with Crippen LogP contribution in [0, 0.1) is 0 Å². The van der Waals surface area contributed by atoms with Crippen molar-refractivity contribution in [2.75, 3.05) is 36.5 Å². The van der Waals surface area contributed by atoms with Gasteiger partial charge in [0.05, 0.1) is 11.2 Å². The minimum Gasteiger partial charge on any atom is -0.382 e. The van der Waals surface area contributed by atoms with E-state index in [1.807, 2.05) is 29.2 Å². The van der Waals surface area contributed by atoms with Gasteiger partial charge in [0.25, 0.3) is 0 Å². The van der Waals surface area contributed by atoms with Gasteiger partial charge < -0.3 is 32.4 Å². The SMILES string of the molecule is C=C(CCCC(=O)N1CCC2(CC1)CN/C(=N\C(=O)c1nc(Cl)c(N)nc1N)N2)c1ccccc1NN. The van der Waals surface area contributed by atoms with E-state index in [2.05, 4.69) is 37.6 Å². The van der Waals surface area contributed by atoms with E-state index in [1.54, 1.807) is 0 Å². The largest absolute Gasteiger partial charge is 0.382 e. The minimum atomic E-state index is -0.682. The van der Waals surface area contributed by atoms with E-state index in [1.165, 1.54) is 0 Å². The van der Waals surface area contributed by atoms with Crippen LogP contribution in [0.2, 0.25) is 5.15 Å². The number of aromatic nitrogens is 2. The number of para-hydroxylation sites is 1. The second-order valence-electron chi connectivity index (χ2n) is 9.19. The maximum absolute atomic E-state index is 12.8. The van der Waals surface area contributed by atoms with Crippen LogP contribution in [0.5, 0.6) is 0 Å². The summed E-state index contributed by atoms with van der Waals surface area (Å²) < 4.78 is 0. The van der Waals surface area contributed by atoms with Crippen LogP contribution in [0.25, 0.3) is 5.57 Å². The van der Waals surface area contributed by atoms with Gasteiger partial charge >= 0.3 is 5.91 Å². The van der Waals surface area contributed by atoms with Crippen LogP contribution in [0.15, 0.2) is 35.8 Å². The molecule has 2 fully saturated rings. The van der Waals surface area contributed by atoms with Crippen LogP contribution in [0.3, 0.4) is 0 Å². The lowest BCUT2D eigenvalue weighted by Gasteiger charge is -2.38. The van der Waals surface area contributed by atoms with Gasteiger partial charge in [-0.1, -0.05) is 36.4 Å². The first-order valence-corrected chi connectivity index (χ1v) is 12.3. The van der Waals surface area contributed by atoms with Gasteiger partial charge in [-0.05, 0) is 37.3 Å². The first kappa shape index (κ1) is 26.2. The number of nitrogens with one attached hydrogen (secondary N) is 3. The Balaban J connectivity index is 1.26. The highest BCUT2D eigenvalue weighted by atomic mass is 35.5. The summed E-state index contributed by atoms with van der Waals surface area (Å²) in [6, 6.07) is 7.69. The highest BCUT2D eigenvalue weighted by Crippen LogP contribution is 2.28. The molecule has 2 aliphatic heterocycles. The van der Waals surface area contributed by atoms with Gasteiger partial charge in [0.2, 0.25) is 5.91 Å². The molecule has 0 atom stereocenters. The molecule has 3 heterocycles. The molecule has 0 bridgehead atoms. The first-order valence-electron chi connectivity index (χ1n) is 12.0. The van der Waals surface area contributed by atoms with Crippen LogP contribution in [0.4, 0.5) is 17.3 Å². The third kappa shape index (κ3) is 5.92. The van der Waals surface area contributed by atoms with Crippen molar-refractivity contribution in [3.05, 3.63) is 47.3 Å². The van der Waals surface area contributed by atoms with E-state index in [9.17, 15) is 9.59 Å². The molecule has 2 saturated heterocycles. The number of guanidine groups is 1. The number of nitrogen functional groups attached to an aromatic ring is 3. The van der Waals surface area contributed by atoms with Gasteiger partial charge in [0.1, 0.15) is 0 Å². The monoisotopic (exact) mass is 526 g/mol. The van der Waals surface area contributed by atoms with E-state index in [0.717, 1.165) is 29.7 Å². The van der Waals surface area contributed by atoms with E-state index < -0.39 is 5.91 Å². The summed E-state index contributed by atoms with van der Waals surface area (Å²) in [7, 11) is 0. The van der Waals surface area contributed by atoms with Crippen LogP contribution in [-0.2, 0) is 4.79 Å². The molecular formula is C24H31ClN10O2. The Hall–Kier alpha value is -3.90. The van der Waals surface area contributed by atoms with Gasteiger partial charge in [-0.25, -0.2) is 9.97 Å². The number of piperidine rings is 1. The summed E-state index contributed by atoms with van der Waals surface area (Å²) in [5.74, 6) is 5.15. The van der Waals surface area contributed by atoms with E-state index in [4.69, 9.17) is 28.9 Å². The maximum atomic E-state index is 12.8. The standard InChI is InChI=1S/C24H31ClN10O2/c1-14(15-6-2-3-7-16(15)34-28)5-4-8-17(36)35-11-9-24(10-12-35)13-29-23(33-24)32-22(37)18-20(26)31-21(27)19(25)30-18/h2-3,6-7,34H,1,4-5,8-13,28H2,(H4,26,27,31)(H2,29,32,33,37). The first-order chi connectivity index (χ1) is 17.7. The number of benzene rings is 1. The fourth-order valence-electron chi connectivity index (χ4n) is 4.56. The quantitative estimate of drug-likeness (QED) is 0.228. The number of carbonyl (C=O) groups excluding carboxylic acids is 2. The van der Waals surface area contributed by atoms with Crippen molar-refractivity contribution in [1.29, 1.82) is 0 Å². The summed E-state index contributed by atoms with van der Waals surface area (Å²) in [5.41, 5.74) is 16.2. The molecule has 2 aliphatic rings. The lowest BCUT2D eigenvalue weighted by Crippen LogP contribution is -2.53. The number of nitrogens with two attached hydrogens (primary N) is 3. The molecule has 9 N–H and O–H groups in total. The fraction of sp³-hybridized carbons (Fsp3) is 0.375. The van der Waals surface area contributed by atoms with Crippen LogP contribution >= 0.6 is 11.6 Å². The van der Waals surface area contributed by atoms with Crippen molar-refractivity contribution in [3.8, 4) is 0 Å². The molecule has 1 spiro atoms. The molecule has 12 nitrogen and oxygen atoms in total.